The monoisotopic (exact) mass is 396 g/mol. The number of carbonyl (C=O) groups is 1. The zero-order valence-electron chi connectivity index (χ0n) is 14.7. The van der Waals surface area contributed by atoms with Crippen molar-refractivity contribution in [1.82, 2.24) is 14.5 Å². The van der Waals surface area contributed by atoms with Crippen molar-refractivity contribution in [3.8, 4) is 10.6 Å². The average Bonchev–Trinajstić information content (AvgIpc) is 3.27. The van der Waals surface area contributed by atoms with Crippen molar-refractivity contribution in [3.05, 3.63) is 62.8 Å². The molecule has 1 amide bonds. The van der Waals surface area contributed by atoms with Gasteiger partial charge >= 0.3 is 0 Å². The number of para-hydroxylation sites is 1. The lowest BCUT2D eigenvalue weighted by atomic mass is 10.2. The Labute approximate surface area is 163 Å². The number of hydrogen-bond donors (Lipinski definition) is 1. The zero-order valence-corrected chi connectivity index (χ0v) is 16.4. The van der Waals surface area contributed by atoms with Gasteiger partial charge < -0.3 is 5.32 Å². The number of fused-ring (bicyclic) bond motifs is 1. The molecule has 6 nitrogen and oxygen atoms in total. The highest BCUT2D eigenvalue weighted by Crippen LogP contribution is 2.30. The summed E-state index contributed by atoms with van der Waals surface area (Å²) in [4.78, 5) is 36.3. The van der Waals surface area contributed by atoms with Crippen LogP contribution in [0.4, 0.5) is 5.13 Å². The fraction of sp³-hybridized carbons (Fsp3) is 0.158. The molecule has 1 N–H and O–H groups in total. The summed E-state index contributed by atoms with van der Waals surface area (Å²) in [6, 6.07) is 11.2. The first-order valence-corrected chi connectivity index (χ1v) is 9.99. The molecular weight excluding hydrogens is 380 g/mol. The van der Waals surface area contributed by atoms with Crippen LogP contribution >= 0.6 is 22.7 Å². The fourth-order valence-corrected chi connectivity index (χ4v) is 4.41. The highest BCUT2D eigenvalue weighted by Gasteiger charge is 2.13. The van der Waals surface area contributed by atoms with Gasteiger partial charge in [-0.3, -0.25) is 14.2 Å². The van der Waals surface area contributed by atoms with Gasteiger partial charge in [-0.25, -0.2) is 9.97 Å². The number of thiazole rings is 1. The summed E-state index contributed by atoms with van der Waals surface area (Å²) < 4.78 is 1.38. The van der Waals surface area contributed by atoms with Crippen molar-refractivity contribution in [1.29, 1.82) is 0 Å². The Morgan fingerprint density at radius 3 is 2.74 bits per heavy atom. The van der Waals surface area contributed by atoms with E-state index in [-0.39, 0.29) is 18.0 Å². The minimum atomic E-state index is -0.305. The minimum Gasteiger partial charge on any atom is -0.300 e. The molecular formula is C19H16N4O2S2. The van der Waals surface area contributed by atoms with Crippen LogP contribution in [0.3, 0.4) is 0 Å². The molecule has 1 aromatic carbocycles. The van der Waals surface area contributed by atoms with E-state index in [0.717, 1.165) is 10.6 Å². The molecule has 0 radical (unpaired) electrons. The normalized spacial score (nSPS) is 11.0. The van der Waals surface area contributed by atoms with Crippen LogP contribution in [0.25, 0.3) is 21.5 Å². The van der Waals surface area contributed by atoms with Crippen molar-refractivity contribution in [3.63, 3.8) is 0 Å². The number of anilines is 1. The molecule has 0 saturated heterocycles. The van der Waals surface area contributed by atoms with Crippen molar-refractivity contribution in [2.45, 2.75) is 20.4 Å². The van der Waals surface area contributed by atoms with Crippen LogP contribution in [0, 0.1) is 13.8 Å². The van der Waals surface area contributed by atoms with Gasteiger partial charge in [-0.15, -0.1) is 22.7 Å². The summed E-state index contributed by atoms with van der Waals surface area (Å²) in [5, 5.41) is 5.70. The van der Waals surface area contributed by atoms with Gasteiger partial charge in [0, 0.05) is 10.3 Å². The molecule has 3 heterocycles. The van der Waals surface area contributed by atoms with Gasteiger partial charge in [0.2, 0.25) is 5.91 Å². The van der Waals surface area contributed by atoms with Gasteiger partial charge in [0.1, 0.15) is 12.4 Å². The lowest BCUT2D eigenvalue weighted by Gasteiger charge is -2.10. The van der Waals surface area contributed by atoms with E-state index in [1.807, 2.05) is 30.5 Å². The molecule has 0 atom stereocenters. The quantitative estimate of drug-likeness (QED) is 0.569. The van der Waals surface area contributed by atoms with E-state index in [1.165, 1.54) is 20.8 Å². The van der Waals surface area contributed by atoms with Crippen LogP contribution in [0.15, 0.2) is 46.6 Å². The molecule has 0 aliphatic carbocycles. The Balaban J connectivity index is 1.54. The first-order valence-electron chi connectivity index (χ1n) is 8.29. The Hall–Kier alpha value is -2.84. The number of hydrogen-bond acceptors (Lipinski definition) is 6. The SMILES string of the molecule is Cc1ccc(-c2csc(NC(=O)Cn3c(C)nc4ccccc4c3=O)n2)s1. The third-order valence-corrected chi connectivity index (χ3v) is 5.88. The predicted octanol–water partition coefficient (Wildman–Crippen LogP) is 3.84. The summed E-state index contributed by atoms with van der Waals surface area (Å²) in [6.45, 7) is 3.66. The largest absolute Gasteiger partial charge is 0.300 e. The number of aryl methyl sites for hydroxylation is 2. The number of nitrogens with zero attached hydrogens (tertiary/aromatic N) is 3. The van der Waals surface area contributed by atoms with Gasteiger partial charge in [0.15, 0.2) is 5.13 Å². The zero-order chi connectivity index (χ0) is 19.0. The lowest BCUT2D eigenvalue weighted by Crippen LogP contribution is -2.30. The second kappa shape index (κ2) is 7.05. The van der Waals surface area contributed by atoms with Crippen molar-refractivity contribution in [2.24, 2.45) is 0 Å². The van der Waals surface area contributed by atoms with Crippen molar-refractivity contribution < 1.29 is 4.79 Å². The number of nitrogens with one attached hydrogen (secondary N) is 1. The molecule has 8 heteroatoms. The number of benzene rings is 1. The molecule has 3 aromatic heterocycles. The number of thiophene rings is 1. The molecule has 0 fully saturated rings. The van der Waals surface area contributed by atoms with Gasteiger partial charge in [-0.1, -0.05) is 12.1 Å². The first-order chi connectivity index (χ1) is 13.0. The van der Waals surface area contributed by atoms with Gasteiger partial charge in [-0.2, -0.15) is 0 Å². The molecule has 0 spiro atoms. The molecule has 0 aliphatic rings. The molecule has 4 rings (SSSR count). The highest BCUT2D eigenvalue weighted by atomic mass is 32.1. The van der Waals surface area contributed by atoms with Crippen molar-refractivity contribution in [2.75, 3.05) is 5.32 Å². The van der Waals surface area contributed by atoms with Crippen LogP contribution in [-0.2, 0) is 11.3 Å². The van der Waals surface area contributed by atoms with Crippen molar-refractivity contribution >= 4 is 44.6 Å². The molecule has 136 valence electrons. The number of rotatable bonds is 4. The highest BCUT2D eigenvalue weighted by molar-refractivity contribution is 7.17. The molecule has 0 saturated carbocycles. The van der Waals surface area contributed by atoms with E-state index >= 15 is 0 Å². The van der Waals surface area contributed by atoms with Crippen LogP contribution in [0.2, 0.25) is 0 Å². The molecule has 4 aromatic rings. The summed E-state index contributed by atoms with van der Waals surface area (Å²) in [5.41, 5.74) is 1.25. The Bertz CT molecular complexity index is 1210. The van der Waals surface area contributed by atoms with E-state index in [4.69, 9.17) is 0 Å². The Morgan fingerprint density at radius 1 is 1.15 bits per heavy atom. The summed E-state index contributed by atoms with van der Waals surface area (Å²) in [7, 11) is 0. The third-order valence-electron chi connectivity index (χ3n) is 4.10. The Morgan fingerprint density at radius 2 is 1.96 bits per heavy atom. The number of carbonyl (C=O) groups excluding carboxylic acids is 1. The molecule has 0 bridgehead atoms. The van der Waals surface area contributed by atoms with Gasteiger partial charge in [-0.05, 0) is 38.1 Å². The maximum absolute atomic E-state index is 12.7. The van der Waals surface area contributed by atoms with Crippen LogP contribution in [-0.4, -0.2) is 20.4 Å². The first kappa shape index (κ1) is 17.6. The topological polar surface area (TPSA) is 76.9 Å². The van der Waals surface area contributed by atoms with Gasteiger partial charge in [0.05, 0.1) is 21.5 Å². The van der Waals surface area contributed by atoms with Gasteiger partial charge in [0.25, 0.3) is 5.56 Å². The average molecular weight is 396 g/mol. The van der Waals surface area contributed by atoms with E-state index in [9.17, 15) is 9.59 Å². The van der Waals surface area contributed by atoms with E-state index in [1.54, 1.807) is 36.5 Å². The third kappa shape index (κ3) is 3.54. The Kier molecular flexibility index (Phi) is 4.59. The van der Waals surface area contributed by atoms with Crippen LogP contribution < -0.4 is 10.9 Å². The van der Waals surface area contributed by atoms with E-state index in [0.29, 0.717) is 21.9 Å². The van der Waals surface area contributed by atoms with Crippen LogP contribution in [0.1, 0.15) is 10.7 Å². The minimum absolute atomic E-state index is 0.102. The molecule has 27 heavy (non-hydrogen) atoms. The fourth-order valence-electron chi connectivity index (χ4n) is 2.78. The molecule has 0 unspecified atom stereocenters. The van der Waals surface area contributed by atoms with Crippen LogP contribution in [0.5, 0.6) is 0 Å². The second-order valence-corrected chi connectivity index (χ2v) is 8.21. The van der Waals surface area contributed by atoms with E-state index < -0.39 is 0 Å². The maximum atomic E-state index is 12.7. The smallest absolute Gasteiger partial charge is 0.261 e. The molecule has 0 aliphatic heterocycles. The summed E-state index contributed by atoms with van der Waals surface area (Å²) in [6.07, 6.45) is 0. The summed E-state index contributed by atoms with van der Waals surface area (Å²) >= 11 is 3.02. The maximum Gasteiger partial charge on any atom is 0.261 e. The summed E-state index contributed by atoms with van der Waals surface area (Å²) in [5.74, 6) is 0.197. The predicted molar refractivity (Wildman–Crippen MR) is 110 cm³/mol. The lowest BCUT2D eigenvalue weighted by molar-refractivity contribution is -0.116. The van der Waals surface area contributed by atoms with E-state index in [2.05, 4.69) is 15.3 Å². The second-order valence-electron chi connectivity index (χ2n) is 6.06. The number of aromatic nitrogens is 3. The number of amides is 1. The standard InChI is InChI=1S/C19H16N4O2S2/c1-11-7-8-16(27-11)15-10-26-19(21-15)22-17(24)9-23-12(2)20-14-6-4-3-5-13(14)18(23)25/h3-8,10H,9H2,1-2H3,(H,21,22,24).